The fraction of sp³-hybridized carbons (Fsp3) is 0.385. The number of anilines is 2. The average molecular weight is 620 g/mol. The van der Waals surface area contributed by atoms with E-state index in [-0.39, 0.29) is 13.2 Å². The Kier molecular flexibility index (Phi) is 5.83. The quantitative estimate of drug-likeness (QED) is 0.485. The highest BCUT2D eigenvalue weighted by Gasteiger charge is 2.88. The molecule has 0 unspecified atom stereocenters. The van der Waals surface area contributed by atoms with Crippen LogP contribution in [0.4, 0.5) is 11.4 Å². The molecule has 4 atom stereocenters. The molecule has 0 radical (unpaired) electrons. The predicted octanol–water partition coefficient (Wildman–Crippen LogP) is 3.71. The Morgan fingerprint density at radius 2 is 1.14 bits per heavy atom. The monoisotopic (exact) mass is 618 g/mol. The van der Waals surface area contributed by atoms with Crippen LogP contribution in [0.15, 0.2) is 45.3 Å². The topological polar surface area (TPSA) is 93.2 Å². The number of fused-ring (bicyclic) bond motifs is 5. The van der Waals surface area contributed by atoms with Crippen LogP contribution in [0.25, 0.3) is 0 Å². The Hall–Kier alpha value is -2.72. The van der Waals surface area contributed by atoms with Crippen molar-refractivity contribution in [3.63, 3.8) is 0 Å². The van der Waals surface area contributed by atoms with Crippen LogP contribution in [-0.4, -0.2) is 51.1 Å². The molecule has 0 aromatic heterocycles. The van der Waals surface area contributed by atoms with Crippen molar-refractivity contribution in [1.82, 2.24) is 0 Å². The summed E-state index contributed by atoms with van der Waals surface area (Å²) in [5, 5.41) is 0. The number of carbonyl (C=O) groups excluding carboxylic acids is 4. The van der Waals surface area contributed by atoms with Gasteiger partial charge in [-0.25, -0.2) is 0 Å². The third-order valence-electron chi connectivity index (χ3n) is 7.74. The van der Waals surface area contributed by atoms with Gasteiger partial charge in [-0.1, -0.05) is 31.9 Å². The molecule has 2 aliphatic heterocycles. The van der Waals surface area contributed by atoms with Gasteiger partial charge in [-0.3, -0.25) is 19.2 Å². The molecule has 5 rings (SSSR count). The third-order valence-corrected chi connectivity index (χ3v) is 8.73. The van der Waals surface area contributed by atoms with E-state index >= 15 is 0 Å². The van der Waals surface area contributed by atoms with Gasteiger partial charge in [-0.15, -0.1) is 0 Å². The van der Waals surface area contributed by atoms with E-state index in [1.54, 1.807) is 64.3 Å². The molecule has 0 bridgehead atoms. The standard InChI is InChI=1S/C26H24Br2N2O6/c1-5-35-21(31)19-20(22(32)36-6-2)26(16-12-14(28)8-10-18(16)30(4)24(26)34)25(19)15-11-13(27)7-9-17(15)29(3)23(25)33/h7-12,19-20H,5-6H2,1-4H3/t19-,20-,25+,26+/m0/s1. The van der Waals surface area contributed by atoms with E-state index in [0.717, 1.165) is 0 Å². The van der Waals surface area contributed by atoms with Gasteiger partial charge >= 0.3 is 11.9 Å². The number of ether oxygens (including phenoxy) is 2. The molecule has 0 N–H and O–H groups in total. The molecule has 1 fully saturated rings. The summed E-state index contributed by atoms with van der Waals surface area (Å²) >= 11 is 6.99. The highest BCUT2D eigenvalue weighted by Crippen LogP contribution is 2.74. The van der Waals surface area contributed by atoms with Crippen LogP contribution in [0.2, 0.25) is 0 Å². The molecule has 188 valence electrons. The Labute approximate surface area is 225 Å². The van der Waals surface area contributed by atoms with Crippen LogP contribution >= 0.6 is 31.9 Å². The van der Waals surface area contributed by atoms with E-state index in [1.807, 2.05) is 0 Å². The maximum atomic E-state index is 14.4. The van der Waals surface area contributed by atoms with Gasteiger partial charge in [0.05, 0.1) is 25.0 Å². The van der Waals surface area contributed by atoms with Gasteiger partial charge < -0.3 is 19.3 Å². The second-order valence-corrected chi connectivity index (χ2v) is 11.0. The molecule has 36 heavy (non-hydrogen) atoms. The summed E-state index contributed by atoms with van der Waals surface area (Å²) in [6.45, 7) is 3.43. The van der Waals surface area contributed by atoms with Crippen LogP contribution in [-0.2, 0) is 39.5 Å². The van der Waals surface area contributed by atoms with E-state index in [2.05, 4.69) is 31.9 Å². The van der Waals surface area contributed by atoms with Gasteiger partial charge in [0.25, 0.3) is 0 Å². The summed E-state index contributed by atoms with van der Waals surface area (Å²) in [5.41, 5.74) is -1.28. The van der Waals surface area contributed by atoms with Gasteiger partial charge in [0, 0.05) is 34.4 Å². The molecule has 2 spiro atoms. The number of nitrogens with zero attached hydrogens (tertiary/aromatic N) is 2. The Morgan fingerprint density at radius 1 is 0.778 bits per heavy atom. The lowest BCUT2D eigenvalue weighted by molar-refractivity contribution is -0.194. The van der Waals surface area contributed by atoms with Gasteiger partial charge in [0.1, 0.15) is 10.8 Å². The van der Waals surface area contributed by atoms with E-state index in [4.69, 9.17) is 9.47 Å². The van der Waals surface area contributed by atoms with Crippen molar-refractivity contribution in [2.75, 3.05) is 37.1 Å². The highest BCUT2D eigenvalue weighted by molar-refractivity contribution is 9.10. The molecule has 0 saturated heterocycles. The molecule has 1 aliphatic carbocycles. The van der Waals surface area contributed by atoms with Crippen molar-refractivity contribution < 1.29 is 28.7 Å². The minimum Gasteiger partial charge on any atom is -0.466 e. The summed E-state index contributed by atoms with van der Waals surface area (Å²) < 4.78 is 12.2. The van der Waals surface area contributed by atoms with Gasteiger partial charge in [0.2, 0.25) is 11.8 Å². The first-order chi connectivity index (χ1) is 17.1. The fourth-order valence-corrected chi connectivity index (χ4v) is 7.28. The molecule has 3 aliphatic rings. The first-order valence-electron chi connectivity index (χ1n) is 11.6. The Morgan fingerprint density at radius 3 is 1.47 bits per heavy atom. The molecule has 2 amide bonds. The zero-order chi connectivity index (χ0) is 26.2. The van der Waals surface area contributed by atoms with Crippen LogP contribution in [0, 0.1) is 11.8 Å². The maximum absolute atomic E-state index is 14.4. The molecule has 2 aromatic rings. The summed E-state index contributed by atoms with van der Waals surface area (Å²) in [6.07, 6.45) is 0. The summed E-state index contributed by atoms with van der Waals surface area (Å²) in [5.74, 6) is -4.83. The van der Waals surface area contributed by atoms with Crippen molar-refractivity contribution in [1.29, 1.82) is 0 Å². The lowest BCUT2D eigenvalue weighted by atomic mass is 9.34. The number of carbonyl (C=O) groups is 4. The van der Waals surface area contributed by atoms with Crippen molar-refractivity contribution in [3.8, 4) is 0 Å². The largest absolute Gasteiger partial charge is 0.466 e. The van der Waals surface area contributed by atoms with E-state index in [0.29, 0.717) is 31.4 Å². The number of likely N-dealkylation sites (N-methyl/N-ethyl adjacent to an activating group) is 2. The van der Waals surface area contributed by atoms with Gasteiger partial charge in [0.15, 0.2) is 0 Å². The van der Waals surface area contributed by atoms with Gasteiger partial charge in [-0.2, -0.15) is 0 Å². The van der Waals surface area contributed by atoms with E-state index in [1.165, 1.54) is 9.80 Å². The Balaban J connectivity index is 1.94. The summed E-state index contributed by atoms with van der Waals surface area (Å²) in [6, 6.07) is 10.6. The molecule has 8 nitrogen and oxygen atoms in total. The first kappa shape index (κ1) is 25.0. The number of rotatable bonds is 4. The number of esters is 2. The highest BCUT2D eigenvalue weighted by atomic mass is 79.9. The average Bonchev–Trinajstić information content (AvgIpc) is 3.19. The minimum absolute atomic E-state index is 0.0549. The first-order valence-corrected chi connectivity index (χ1v) is 13.2. The zero-order valence-electron chi connectivity index (χ0n) is 20.1. The Bertz CT molecular complexity index is 1240. The lowest BCUT2D eigenvalue weighted by Gasteiger charge is -2.61. The van der Waals surface area contributed by atoms with Crippen LogP contribution in [0.5, 0.6) is 0 Å². The smallest absolute Gasteiger partial charge is 0.311 e. The van der Waals surface area contributed by atoms with Crippen molar-refractivity contribution in [2.45, 2.75) is 24.7 Å². The minimum atomic E-state index is -1.71. The number of benzene rings is 2. The van der Waals surface area contributed by atoms with Crippen LogP contribution in [0.3, 0.4) is 0 Å². The molecule has 1 saturated carbocycles. The van der Waals surface area contributed by atoms with Crippen molar-refractivity contribution in [2.24, 2.45) is 11.8 Å². The molecular formula is C26H24Br2N2O6. The second-order valence-electron chi connectivity index (χ2n) is 9.13. The maximum Gasteiger partial charge on any atom is 0.311 e. The zero-order valence-corrected chi connectivity index (χ0v) is 23.3. The summed E-state index contributed by atoms with van der Waals surface area (Å²) in [4.78, 5) is 58.9. The number of amides is 2. The van der Waals surface area contributed by atoms with Crippen LogP contribution < -0.4 is 9.80 Å². The van der Waals surface area contributed by atoms with Crippen LogP contribution in [0.1, 0.15) is 25.0 Å². The number of halogens is 2. The normalized spacial score (nSPS) is 27.8. The van der Waals surface area contributed by atoms with E-state index in [9.17, 15) is 19.2 Å². The van der Waals surface area contributed by atoms with Crippen molar-refractivity contribution >= 4 is 67.0 Å². The third kappa shape index (κ3) is 2.74. The summed E-state index contributed by atoms with van der Waals surface area (Å²) in [7, 11) is 3.23. The predicted molar refractivity (Wildman–Crippen MR) is 139 cm³/mol. The molecule has 10 heteroatoms. The fourth-order valence-electron chi connectivity index (χ4n) is 6.56. The number of hydrogen-bond donors (Lipinski definition) is 0. The van der Waals surface area contributed by atoms with E-state index < -0.39 is 46.4 Å². The second kappa shape index (κ2) is 8.41. The molecule has 2 heterocycles. The lowest BCUT2D eigenvalue weighted by Crippen LogP contribution is -2.80. The van der Waals surface area contributed by atoms with Crippen molar-refractivity contribution in [3.05, 3.63) is 56.5 Å². The SMILES string of the molecule is CCOC(=O)[C@@H]1[C@@H](C(=O)OCC)[C@]2(C(=O)N(C)c3ccc(Br)cc32)[C@@]12C(=O)N(C)c1ccc(Br)cc12. The number of hydrogen-bond acceptors (Lipinski definition) is 6. The molecular weight excluding hydrogens is 596 g/mol. The van der Waals surface area contributed by atoms with Gasteiger partial charge in [-0.05, 0) is 61.4 Å². The molecule has 2 aromatic carbocycles.